The summed E-state index contributed by atoms with van der Waals surface area (Å²) in [6.07, 6.45) is -0.982. The summed E-state index contributed by atoms with van der Waals surface area (Å²) >= 11 is 6.02. The highest BCUT2D eigenvalue weighted by Crippen LogP contribution is 2.31. The molecule has 1 saturated heterocycles. The Morgan fingerprint density at radius 2 is 2.00 bits per heavy atom. The summed E-state index contributed by atoms with van der Waals surface area (Å²) in [5.74, 6) is -2.52. The van der Waals surface area contributed by atoms with Crippen molar-refractivity contribution in [3.05, 3.63) is 35.5 Å². The van der Waals surface area contributed by atoms with Crippen LogP contribution in [0, 0.1) is 0 Å². The number of hydrogen-bond donors (Lipinski definition) is 1. The third-order valence-electron chi connectivity index (χ3n) is 3.04. The van der Waals surface area contributed by atoms with Crippen LogP contribution in [0.5, 0.6) is 0 Å². The van der Waals surface area contributed by atoms with E-state index in [9.17, 15) is 18.8 Å². The first-order valence-corrected chi connectivity index (χ1v) is 6.24. The molecule has 1 fully saturated rings. The van der Waals surface area contributed by atoms with Crippen LogP contribution in [0.15, 0.2) is 30.5 Å². The van der Waals surface area contributed by atoms with Gasteiger partial charge in [0.1, 0.15) is 0 Å². The van der Waals surface area contributed by atoms with Crippen LogP contribution in [-0.4, -0.2) is 29.0 Å². The maximum Gasteiger partial charge on any atom is 0.335 e. The highest BCUT2D eigenvalue weighted by atomic mass is 35.5. The van der Waals surface area contributed by atoms with Gasteiger partial charge in [0, 0.05) is 11.6 Å². The Kier molecular flexibility index (Phi) is 3.06. The smallest absolute Gasteiger partial charge is 0.274 e. The lowest BCUT2D eigenvalue weighted by molar-refractivity contribution is -0.135. The molecule has 0 aliphatic carbocycles. The maximum absolute atomic E-state index is 13.6. The average Bonchev–Trinajstić information content (AvgIpc) is 2.47. The Hall–Kier alpha value is -2.54. The monoisotopic (exact) mass is 307 g/mol. The highest BCUT2D eigenvalue weighted by molar-refractivity contribution is 6.37. The molecule has 0 spiro atoms. The van der Waals surface area contributed by atoms with Crippen molar-refractivity contribution in [2.45, 2.75) is 6.17 Å². The number of nitrogens with one attached hydrogen (secondary N) is 1. The molecule has 1 aliphatic heterocycles. The van der Waals surface area contributed by atoms with Gasteiger partial charge < -0.3 is 0 Å². The third kappa shape index (κ3) is 2.02. The highest BCUT2D eigenvalue weighted by Gasteiger charge is 2.42. The van der Waals surface area contributed by atoms with E-state index in [4.69, 9.17) is 11.6 Å². The number of imide groups is 2. The molecule has 2 heterocycles. The van der Waals surface area contributed by atoms with Gasteiger partial charge in [0.15, 0.2) is 0 Å². The largest absolute Gasteiger partial charge is 0.335 e. The number of pyridine rings is 1. The molecule has 1 unspecified atom stereocenters. The molecule has 6 nitrogen and oxygen atoms in total. The first-order valence-electron chi connectivity index (χ1n) is 5.87. The molecular weight excluding hydrogens is 301 g/mol. The number of hydrogen-bond acceptors (Lipinski definition) is 4. The van der Waals surface area contributed by atoms with Crippen LogP contribution in [0.1, 0.15) is 0 Å². The van der Waals surface area contributed by atoms with Crippen molar-refractivity contribution in [1.82, 2.24) is 10.3 Å². The number of benzene rings is 1. The van der Waals surface area contributed by atoms with E-state index in [-0.39, 0.29) is 11.2 Å². The number of aromatic nitrogens is 1. The van der Waals surface area contributed by atoms with E-state index in [1.807, 2.05) is 0 Å². The fourth-order valence-corrected chi connectivity index (χ4v) is 2.30. The van der Waals surface area contributed by atoms with Crippen molar-refractivity contribution in [2.24, 2.45) is 0 Å². The molecule has 0 radical (unpaired) electrons. The van der Waals surface area contributed by atoms with Crippen molar-refractivity contribution in [3.63, 3.8) is 0 Å². The number of carbonyl (C=O) groups is 3. The zero-order valence-electron chi connectivity index (χ0n) is 10.3. The molecule has 3 rings (SSSR count). The molecule has 21 heavy (non-hydrogen) atoms. The van der Waals surface area contributed by atoms with Gasteiger partial charge in [0.25, 0.3) is 18.0 Å². The third-order valence-corrected chi connectivity index (χ3v) is 3.37. The van der Waals surface area contributed by atoms with Crippen LogP contribution in [0.25, 0.3) is 10.9 Å². The van der Waals surface area contributed by atoms with E-state index in [1.54, 1.807) is 17.4 Å². The van der Waals surface area contributed by atoms with Crippen LogP contribution < -0.4 is 10.2 Å². The molecule has 4 amide bonds. The summed E-state index contributed by atoms with van der Waals surface area (Å²) in [5.41, 5.74) is 0.322. The van der Waals surface area contributed by atoms with E-state index in [2.05, 4.69) is 4.98 Å². The van der Waals surface area contributed by atoms with E-state index in [0.717, 1.165) is 0 Å². The maximum atomic E-state index is 13.6. The molecule has 0 saturated carbocycles. The number of barbiturate groups is 1. The van der Waals surface area contributed by atoms with Crippen LogP contribution in [0.3, 0.4) is 0 Å². The summed E-state index contributed by atoms with van der Waals surface area (Å²) in [5, 5.41) is 2.66. The molecule has 8 heteroatoms. The van der Waals surface area contributed by atoms with Gasteiger partial charge >= 0.3 is 6.03 Å². The van der Waals surface area contributed by atoms with Crippen molar-refractivity contribution in [2.75, 3.05) is 4.90 Å². The van der Waals surface area contributed by atoms with Gasteiger partial charge in [-0.3, -0.25) is 19.9 Å². The minimum absolute atomic E-state index is 0.0626. The second kappa shape index (κ2) is 4.78. The lowest BCUT2D eigenvalue weighted by Crippen LogP contribution is -2.59. The quantitative estimate of drug-likeness (QED) is 0.815. The number of anilines is 1. The second-order valence-corrected chi connectivity index (χ2v) is 4.70. The van der Waals surface area contributed by atoms with Crippen LogP contribution in [-0.2, 0) is 9.59 Å². The normalized spacial score (nSPS) is 19.0. The number of alkyl halides is 1. The molecule has 2 aromatic rings. The number of halogens is 2. The van der Waals surface area contributed by atoms with E-state index in [0.29, 0.717) is 15.3 Å². The number of rotatable bonds is 1. The Morgan fingerprint density at radius 3 is 2.76 bits per heavy atom. The second-order valence-electron chi connectivity index (χ2n) is 4.30. The number of fused-ring (bicyclic) bond motifs is 1. The van der Waals surface area contributed by atoms with E-state index >= 15 is 0 Å². The summed E-state index contributed by atoms with van der Waals surface area (Å²) < 4.78 is 13.6. The Bertz CT molecular complexity index is 795. The van der Waals surface area contributed by atoms with Crippen molar-refractivity contribution < 1.29 is 18.8 Å². The summed E-state index contributed by atoms with van der Waals surface area (Å²) in [4.78, 5) is 39.5. The van der Waals surface area contributed by atoms with Gasteiger partial charge in [-0.15, -0.1) is 0 Å². The molecule has 0 bridgehead atoms. The topological polar surface area (TPSA) is 79.4 Å². The molecular formula is C13H7ClFN3O3. The fraction of sp³-hybridized carbons (Fsp3) is 0.0769. The predicted octanol–water partition coefficient (Wildman–Crippen LogP) is 1.81. The minimum Gasteiger partial charge on any atom is -0.274 e. The van der Waals surface area contributed by atoms with Crippen molar-refractivity contribution in [3.8, 4) is 0 Å². The number of nitrogens with zero attached hydrogens (tertiary/aromatic N) is 2. The SMILES string of the molecule is O=C1NC(=O)N(c2ccc(Cl)c3cccnc23)C(=O)C1F. The summed E-state index contributed by atoms with van der Waals surface area (Å²) in [7, 11) is 0. The molecule has 1 aliphatic rings. The minimum atomic E-state index is -2.43. The summed E-state index contributed by atoms with van der Waals surface area (Å²) in [6, 6.07) is 5.10. The van der Waals surface area contributed by atoms with Crippen molar-refractivity contribution >= 4 is 46.0 Å². The van der Waals surface area contributed by atoms with Crippen LogP contribution in [0.2, 0.25) is 5.02 Å². The Labute approximate surface area is 122 Å². The molecule has 1 aromatic heterocycles. The van der Waals surface area contributed by atoms with Gasteiger partial charge in [-0.1, -0.05) is 11.6 Å². The first-order chi connectivity index (χ1) is 10.0. The van der Waals surface area contributed by atoms with Crippen LogP contribution in [0.4, 0.5) is 14.9 Å². The lowest BCUT2D eigenvalue weighted by atomic mass is 10.1. The zero-order chi connectivity index (χ0) is 15.1. The first kappa shape index (κ1) is 13.4. The summed E-state index contributed by atoms with van der Waals surface area (Å²) in [6.45, 7) is 0. The van der Waals surface area contributed by atoms with Gasteiger partial charge in [-0.25, -0.2) is 14.1 Å². The van der Waals surface area contributed by atoms with Gasteiger partial charge in [0.05, 0.1) is 16.2 Å². The fourth-order valence-electron chi connectivity index (χ4n) is 2.08. The van der Waals surface area contributed by atoms with Gasteiger partial charge in [-0.05, 0) is 24.3 Å². The Balaban J connectivity index is 2.21. The molecule has 1 aromatic carbocycles. The van der Waals surface area contributed by atoms with E-state index in [1.165, 1.54) is 18.3 Å². The predicted molar refractivity (Wildman–Crippen MR) is 72.7 cm³/mol. The van der Waals surface area contributed by atoms with E-state index < -0.39 is 24.0 Å². The zero-order valence-corrected chi connectivity index (χ0v) is 11.1. The standard InChI is InChI=1S/C13H7ClFN3O3/c14-7-3-4-8(10-6(7)2-1-5-16-10)18-12(20)9(15)11(19)17-13(18)21/h1-5,9H,(H,17,19,21). The Morgan fingerprint density at radius 1 is 1.24 bits per heavy atom. The average molecular weight is 308 g/mol. The number of carbonyl (C=O) groups excluding carboxylic acids is 3. The molecule has 1 atom stereocenters. The van der Waals surface area contributed by atoms with Crippen molar-refractivity contribution in [1.29, 1.82) is 0 Å². The molecule has 1 N–H and O–H groups in total. The number of urea groups is 1. The van der Waals surface area contributed by atoms with Gasteiger partial charge in [-0.2, -0.15) is 0 Å². The number of amides is 4. The lowest BCUT2D eigenvalue weighted by Gasteiger charge is -2.27. The van der Waals surface area contributed by atoms with Crippen LogP contribution >= 0.6 is 11.6 Å². The molecule has 106 valence electrons. The van der Waals surface area contributed by atoms with Gasteiger partial charge in [0.2, 0.25) is 0 Å².